The number of aromatic nitrogens is 1. The monoisotopic (exact) mass is 312 g/mol. The molecule has 2 aromatic carbocycles. The van der Waals surface area contributed by atoms with E-state index < -0.39 is 0 Å². The normalized spacial score (nSPS) is 15.8. The molecule has 0 atom stereocenters. The minimum Gasteiger partial charge on any atom is -0.384 e. The summed E-state index contributed by atoms with van der Waals surface area (Å²) in [6.07, 6.45) is 0.800. The third-order valence-corrected chi connectivity index (χ3v) is 5.29. The van der Waals surface area contributed by atoms with Crippen LogP contribution < -0.4 is 5.32 Å². The molecule has 0 saturated heterocycles. The second-order valence-corrected chi connectivity index (χ2v) is 7.38. The predicted molar refractivity (Wildman–Crippen MR) is 90.3 cm³/mol. The van der Waals surface area contributed by atoms with Gasteiger partial charge in [0.15, 0.2) is 0 Å². The van der Waals surface area contributed by atoms with Crippen LogP contribution in [0, 0.1) is 5.82 Å². The standard InChI is InChI=1S/C18H17FN2S/c1-18(2)9-20-14-8-12(7-11-3-5-13(19)6-4-11)17-16(15(14)18)21-10-22-17/h3-6,8,10,20H,7,9H2,1-2H3. The molecular formula is C18H17FN2S. The van der Waals surface area contributed by atoms with Gasteiger partial charge in [-0.2, -0.15) is 0 Å². The summed E-state index contributed by atoms with van der Waals surface area (Å²) < 4.78 is 14.3. The highest BCUT2D eigenvalue weighted by atomic mass is 32.1. The zero-order valence-electron chi connectivity index (χ0n) is 12.6. The van der Waals surface area contributed by atoms with Gasteiger partial charge < -0.3 is 5.32 Å². The van der Waals surface area contributed by atoms with Gasteiger partial charge in [-0.05, 0) is 35.7 Å². The van der Waals surface area contributed by atoms with Crippen molar-refractivity contribution in [2.24, 2.45) is 0 Å². The van der Waals surface area contributed by atoms with Gasteiger partial charge in [-0.3, -0.25) is 0 Å². The summed E-state index contributed by atoms with van der Waals surface area (Å²) in [7, 11) is 0. The van der Waals surface area contributed by atoms with Crippen LogP contribution in [-0.2, 0) is 11.8 Å². The van der Waals surface area contributed by atoms with Crippen molar-refractivity contribution in [1.29, 1.82) is 0 Å². The van der Waals surface area contributed by atoms with Crippen molar-refractivity contribution in [2.75, 3.05) is 11.9 Å². The summed E-state index contributed by atoms with van der Waals surface area (Å²) in [6.45, 7) is 5.45. The number of rotatable bonds is 2. The molecule has 22 heavy (non-hydrogen) atoms. The molecule has 0 amide bonds. The number of anilines is 1. The van der Waals surface area contributed by atoms with E-state index >= 15 is 0 Å². The van der Waals surface area contributed by atoms with Crippen LogP contribution in [0.3, 0.4) is 0 Å². The molecule has 4 rings (SSSR count). The van der Waals surface area contributed by atoms with E-state index in [0.717, 1.165) is 24.0 Å². The Balaban J connectivity index is 1.85. The maximum absolute atomic E-state index is 13.1. The lowest BCUT2D eigenvalue weighted by molar-refractivity contribution is 0.590. The number of hydrogen-bond acceptors (Lipinski definition) is 3. The maximum atomic E-state index is 13.1. The lowest BCUT2D eigenvalue weighted by Crippen LogP contribution is -2.19. The van der Waals surface area contributed by atoms with Crippen LogP contribution in [0.1, 0.15) is 30.5 Å². The van der Waals surface area contributed by atoms with Crippen LogP contribution >= 0.6 is 11.3 Å². The second kappa shape index (κ2) is 4.78. The van der Waals surface area contributed by atoms with Gasteiger partial charge in [-0.25, -0.2) is 9.37 Å². The van der Waals surface area contributed by atoms with Gasteiger partial charge in [0.1, 0.15) is 5.82 Å². The van der Waals surface area contributed by atoms with Crippen LogP contribution in [0.2, 0.25) is 0 Å². The van der Waals surface area contributed by atoms with Crippen LogP contribution in [0.15, 0.2) is 35.8 Å². The van der Waals surface area contributed by atoms with Crippen LogP contribution in [-0.4, -0.2) is 11.5 Å². The molecule has 0 saturated carbocycles. The highest BCUT2D eigenvalue weighted by Gasteiger charge is 2.33. The summed E-state index contributed by atoms with van der Waals surface area (Å²) in [5, 5.41) is 3.51. The zero-order valence-corrected chi connectivity index (χ0v) is 13.4. The first kappa shape index (κ1) is 13.7. The quantitative estimate of drug-likeness (QED) is 0.740. The molecule has 2 heterocycles. The Kier molecular flexibility index (Phi) is 2.98. The van der Waals surface area contributed by atoms with Crippen molar-refractivity contribution in [2.45, 2.75) is 25.7 Å². The highest BCUT2D eigenvalue weighted by Crippen LogP contribution is 2.43. The van der Waals surface area contributed by atoms with E-state index in [4.69, 9.17) is 0 Å². The Morgan fingerprint density at radius 1 is 1.27 bits per heavy atom. The fraction of sp³-hybridized carbons (Fsp3) is 0.278. The minimum absolute atomic E-state index is 0.107. The van der Waals surface area contributed by atoms with E-state index in [-0.39, 0.29) is 11.2 Å². The molecule has 2 nitrogen and oxygen atoms in total. The Hall–Kier alpha value is -1.94. The Labute approximate surface area is 133 Å². The van der Waals surface area contributed by atoms with E-state index in [1.54, 1.807) is 11.3 Å². The number of hydrogen-bond donors (Lipinski definition) is 1. The SMILES string of the molecule is CC1(C)CNc2cc(Cc3ccc(F)cc3)c3scnc3c21. The maximum Gasteiger partial charge on any atom is 0.123 e. The molecule has 0 bridgehead atoms. The van der Waals surface area contributed by atoms with Gasteiger partial charge in [0, 0.05) is 23.2 Å². The first-order valence-corrected chi connectivity index (χ1v) is 8.30. The summed E-state index contributed by atoms with van der Waals surface area (Å²) in [5.74, 6) is -0.191. The van der Waals surface area contributed by atoms with E-state index in [1.165, 1.54) is 33.6 Å². The van der Waals surface area contributed by atoms with Gasteiger partial charge in [-0.15, -0.1) is 11.3 Å². The number of nitrogens with one attached hydrogen (secondary N) is 1. The number of nitrogens with zero attached hydrogens (tertiary/aromatic N) is 1. The minimum atomic E-state index is -0.191. The lowest BCUT2D eigenvalue weighted by atomic mass is 9.85. The fourth-order valence-corrected chi connectivity index (χ4v) is 4.09. The third-order valence-electron chi connectivity index (χ3n) is 4.39. The molecule has 0 fully saturated rings. The summed E-state index contributed by atoms with van der Waals surface area (Å²) in [6, 6.07) is 9.00. The molecule has 0 unspecified atom stereocenters. The molecule has 1 aliphatic heterocycles. The van der Waals surface area contributed by atoms with Crippen LogP contribution in [0.4, 0.5) is 10.1 Å². The predicted octanol–water partition coefficient (Wildman–Crippen LogP) is 4.73. The van der Waals surface area contributed by atoms with Crippen LogP contribution in [0.25, 0.3) is 10.2 Å². The lowest BCUT2D eigenvalue weighted by Gasteiger charge is -2.18. The average Bonchev–Trinajstić information content (AvgIpc) is 3.06. The van der Waals surface area contributed by atoms with Crippen molar-refractivity contribution in [3.63, 3.8) is 0 Å². The number of halogens is 1. The Morgan fingerprint density at radius 2 is 2.05 bits per heavy atom. The van der Waals surface area contributed by atoms with Crippen molar-refractivity contribution in [1.82, 2.24) is 4.98 Å². The average molecular weight is 312 g/mol. The molecule has 1 N–H and O–H groups in total. The number of thiazole rings is 1. The molecule has 112 valence electrons. The van der Waals surface area contributed by atoms with E-state index in [1.807, 2.05) is 17.6 Å². The first-order chi connectivity index (χ1) is 10.5. The van der Waals surface area contributed by atoms with Gasteiger partial charge in [0.25, 0.3) is 0 Å². The molecule has 0 spiro atoms. The van der Waals surface area contributed by atoms with Crippen LogP contribution in [0.5, 0.6) is 0 Å². The van der Waals surface area contributed by atoms with Gasteiger partial charge in [-0.1, -0.05) is 26.0 Å². The van der Waals surface area contributed by atoms with E-state index in [0.29, 0.717) is 0 Å². The zero-order chi connectivity index (χ0) is 15.3. The fourth-order valence-electron chi connectivity index (χ4n) is 3.27. The molecule has 4 heteroatoms. The number of fused-ring (bicyclic) bond motifs is 3. The van der Waals surface area contributed by atoms with Crippen molar-refractivity contribution in [3.8, 4) is 0 Å². The van der Waals surface area contributed by atoms with Gasteiger partial charge in [0.05, 0.1) is 15.7 Å². The Morgan fingerprint density at radius 3 is 2.82 bits per heavy atom. The van der Waals surface area contributed by atoms with E-state index in [2.05, 4.69) is 30.2 Å². The molecule has 1 aromatic heterocycles. The number of benzene rings is 2. The van der Waals surface area contributed by atoms with Gasteiger partial charge in [0.2, 0.25) is 0 Å². The molecular weight excluding hydrogens is 295 g/mol. The molecule has 0 radical (unpaired) electrons. The van der Waals surface area contributed by atoms with E-state index in [9.17, 15) is 4.39 Å². The van der Waals surface area contributed by atoms with Gasteiger partial charge >= 0.3 is 0 Å². The topological polar surface area (TPSA) is 24.9 Å². The molecule has 0 aliphatic carbocycles. The molecule has 1 aliphatic rings. The first-order valence-electron chi connectivity index (χ1n) is 7.42. The summed E-state index contributed by atoms with van der Waals surface area (Å²) >= 11 is 1.69. The van der Waals surface area contributed by atoms with Crippen molar-refractivity contribution >= 4 is 27.2 Å². The third kappa shape index (κ3) is 2.10. The summed E-state index contributed by atoms with van der Waals surface area (Å²) in [5.41, 5.74) is 8.05. The van der Waals surface area contributed by atoms with Crippen molar-refractivity contribution < 1.29 is 4.39 Å². The Bertz CT molecular complexity index is 849. The smallest absolute Gasteiger partial charge is 0.123 e. The highest BCUT2D eigenvalue weighted by molar-refractivity contribution is 7.17. The van der Waals surface area contributed by atoms with Crippen molar-refractivity contribution in [3.05, 3.63) is 58.3 Å². The largest absolute Gasteiger partial charge is 0.384 e. The molecule has 3 aromatic rings. The summed E-state index contributed by atoms with van der Waals surface area (Å²) in [4.78, 5) is 4.62. The second-order valence-electron chi connectivity index (χ2n) is 6.53.